The van der Waals surface area contributed by atoms with E-state index in [-0.39, 0.29) is 0 Å². The van der Waals surface area contributed by atoms with Crippen LogP contribution in [0.1, 0.15) is 24.4 Å². The SMILES string of the molecule is CNCc1ccc(S(=O)(=O)NC(C)c2ncn[nH]2)c(F)c1. The topological polar surface area (TPSA) is 99.8 Å². The van der Waals surface area contributed by atoms with Crippen molar-refractivity contribution in [3.05, 3.63) is 41.7 Å². The third kappa shape index (κ3) is 3.63. The predicted molar refractivity (Wildman–Crippen MR) is 74.3 cm³/mol. The number of halogens is 1. The fourth-order valence-corrected chi connectivity index (χ4v) is 3.12. The van der Waals surface area contributed by atoms with Crippen LogP contribution in [0.5, 0.6) is 0 Å². The summed E-state index contributed by atoms with van der Waals surface area (Å²) in [6.45, 7) is 2.05. The molecule has 7 nitrogen and oxygen atoms in total. The van der Waals surface area contributed by atoms with Gasteiger partial charge in [-0.2, -0.15) is 5.10 Å². The molecule has 1 heterocycles. The Bertz CT molecular complexity index is 702. The molecule has 2 aromatic rings. The van der Waals surface area contributed by atoms with Gasteiger partial charge in [-0.1, -0.05) is 6.07 Å². The summed E-state index contributed by atoms with van der Waals surface area (Å²) in [4.78, 5) is 3.46. The summed E-state index contributed by atoms with van der Waals surface area (Å²) in [5.41, 5.74) is 0.664. The zero-order chi connectivity index (χ0) is 15.5. The highest BCUT2D eigenvalue weighted by molar-refractivity contribution is 7.89. The first-order chi connectivity index (χ1) is 9.94. The van der Waals surface area contributed by atoms with Gasteiger partial charge in [-0.15, -0.1) is 0 Å². The van der Waals surface area contributed by atoms with Crippen LogP contribution in [-0.2, 0) is 16.6 Å². The third-order valence-electron chi connectivity index (χ3n) is 2.84. The molecule has 21 heavy (non-hydrogen) atoms. The number of hydrogen-bond donors (Lipinski definition) is 3. The molecule has 0 saturated carbocycles. The average Bonchev–Trinajstić information content (AvgIpc) is 2.92. The minimum atomic E-state index is -3.98. The average molecular weight is 313 g/mol. The van der Waals surface area contributed by atoms with Gasteiger partial charge < -0.3 is 5.32 Å². The maximum absolute atomic E-state index is 14.0. The van der Waals surface area contributed by atoms with E-state index < -0.39 is 26.8 Å². The van der Waals surface area contributed by atoms with Crippen molar-refractivity contribution in [2.45, 2.75) is 24.4 Å². The van der Waals surface area contributed by atoms with E-state index in [1.807, 2.05) is 0 Å². The molecule has 3 N–H and O–H groups in total. The van der Waals surface area contributed by atoms with Crippen LogP contribution in [0.3, 0.4) is 0 Å². The molecule has 0 radical (unpaired) electrons. The second-order valence-electron chi connectivity index (χ2n) is 4.51. The van der Waals surface area contributed by atoms with Crippen LogP contribution in [0.4, 0.5) is 4.39 Å². The molecule has 1 aromatic heterocycles. The first-order valence-electron chi connectivity index (χ1n) is 6.24. The second-order valence-corrected chi connectivity index (χ2v) is 6.19. The van der Waals surface area contributed by atoms with Crippen LogP contribution in [-0.4, -0.2) is 30.6 Å². The summed E-state index contributed by atoms with van der Waals surface area (Å²) in [6, 6.07) is 3.36. The van der Waals surface area contributed by atoms with Gasteiger partial charge in [-0.3, -0.25) is 5.10 Å². The zero-order valence-electron chi connectivity index (χ0n) is 11.6. The minimum Gasteiger partial charge on any atom is -0.316 e. The highest BCUT2D eigenvalue weighted by Gasteiger charge is 2.23. The molecule has 1 aromatic carbocycles. The molecular formula is C12H16FN5O2S. The van der Waals surface area contributed by atoms with Crippen molar-refractivity contribution >= 4 is 10.0 Å². The van der Waals surface area contributed by atoms with E-state index in [0.717, 1.165) is 0 Å². The van der Waals surface area contributed by atoms with E-state index in [0.29, 0.717) is 17.9 Å². The largest absolute Gasteiger partial charge is 0.316 e. The van der Waals surface area contributed by atoms with Crippen molar-refractivity contribution < 1.29 is 12.8 Å². The normalized spacial score (nSPS) is 13.3. The van der Waals surface area contributed by atoms with Crippen LogP contribution >= 0.6 is 0 Å². The molecule has 0 spiro atoms. The number of sulfonamides is 1. The van der Waals surface area contributed by atoms with Crippen molar-refractivity contribution in [3.63, 3.8) is 0 Å². The van der Waals surface area contributed by atoms with E-state index in [1.54, 1.807) is 20.0 Å². The lowest BCUT2D eigenvalue weighted by Gasteiger charge is -2.13. The third-order valence-corrected chi connectivity index (χ3v) is 4.42. The fraction of sp³-hybridized carbons (Fsp3) is 0.333. The highest BCUT2D eigenvalue weighted by Crippen LogP contribution is 2.18. The second kappa shape index (κ2) is 6.29. The maximum atomic E-state index is 14.0. The van der Waals surface area contributed by atoms with Crippen molar-refractivity contribution in [3.8, 4) is 0 Å². The number of nitrogens with one attached hydrogen (secondary N) is 3. The summed E-state index contributed by atoms with van der Waals surface area (Å²) < 4.78 is 40.7. The smallest absolute Gasteiger partial charge is 0.244 e. The number of aromatic amines is 1. The molecule has 0 amide bonds. The first kappa shape index (κ1) is 15.5. The van der Waals surface area contributed by atoms with Crippen LogP contribution in [0, 0.1) is 5.82 Å². The molecule has 0 aliphatic rings. The van der Waals surface area contributed by atoms with Gasteiger partial charge in [-0.25, -0.2) is 22.5 Å². The van der Waals surface area contributed by atoms with E-state index in [9.17, 15) is 12.8 Å². The maximum Gasteiger partial charge on any atom is 0.244 e. The molecule has 1 atom stereocenters. The number of rotatable bonds is 6. The number of nitrogens with zero attached hydrogens (tertiary/aromatic N) is 2. The van der Waals surface area contributed by atoms with Gasteiger partial charge in [0, 0.05) is 6.54 Å². The summed E-state index contributed by atoms with van der Waals surface area (Å²) in [5, 5.41) is 9.07. The molecule has 0 aliphatic carbocycles. The van der Waals surface area contributed by atoms with Gasteiger partial charge in [0.2, 0.25) is 10.0 Å². The molecule has 0 fully saturated rings. The van der Waals surface area contributed by atoms with Crippen LogP contribution < -0.4 is 10.0 Å². The molecule has 0 aliphatic heterocycles. The highest BCUT2D eigenvalue weighted by atomic mass is 32.2. The van der Waals surface area contributed by atoms with Gasteiger partial charge >= 0.3 is 0 Å². The lowest BCUT2D eigenvalue weighted by Crippen LogP contribution is -2.28. The Morgan fingerprint density at radius 2 is 2.19 bits per heavy atom. The number of hydrogen-bond acceptors (Lipinski definition) is 5. The number of benzene rings is 1. The van der Waals surface area contributed by atoms with E-state index >= 15 is 0 Å². The molecule has 0 bridgehead atoms. The molecular weight excluding hydrogens is 297 g/mol. The Hall–Kier alpha value is -1.84. The standard InChI is InChI=1S/C12H16FN5O2S/c1-8(12-15-7-16-17-12)18-21(19,20)11-4-3-9(6-14-2)5-10(11)13/h3-5,7-8,14,18H,6H2,1-2H3,(H,15,16,17). The summed E-state index contributed by atoms with van der Waals surface area (Å²) in [6.07, 6.45) is 1.27. The monoisotopic (exact) mass is 313 g/mol. The van der Waals surface area contributed by atoms with Crippen molar-refractivity contribution in [1.82, 2.24) is 25.2 Å². The number of aromatic nitrogens is 3. The molecule has 0 saturated heterocycles. The van der Waals surface area contributed by atoms with Gasteiger partial charge in [-0.05, 0) is 31.7 Å². The van der Waals surface area contributed by atoms with Crippen molar-refractivity contribution in [2.24, 2.45) is 0 Å². The van der Waals surface area contributed by atoms with Crippen LogP contribution in [0.15, 0.2) is 29.4 Å². The summed E-state index contributed by atoms with van der Waals surface area (Å²) >= 11 is 0. The zero-order valence-corrected chi connectivity index (χ0v) is 12.4. The van der Waals surface area contributed by atoms with Gasteiger partial charge in [0.15, 0.2) is 0 Å². The van der Waals surface area contributed by atoms with E-state index in [1.165, 1.54) is 18.5 Å². The molecule has 114 valence electrons. The van der Waals surface area contributed by atoms with Crippen molar-refractivity contribution in [2.75, 3.05) is 7.05 Å². The quantitative estimate of drug-likeness (QED) is 0.729. The predicted octanol–water partition coefficient (Wildman–Crippen LogP) is 0.703. The van der Waals surface area contributed by atoms with Crippen molar-refractivity contribution in [1.29, 1.82) is 0 Å². The van der Waals surface area contributed by atoms with Crippen LogP contribution in [0.25, 0.3) is 0 Å². The van der Waals surface area contributed by atoms with E-state index in [2.05, 4.69) is 25.2 Å². The first-order valence-corrected chi connectivity index (χ1v) is 7.73. The fourth-order valence-electron chi connectivity index (χ4n) is 1.85. The summed E-state index contributed by atoms with van der Waals surface area (Å²) in [7, 11) is -2.26. The minimum absolute atomic E-state index is 0.353. The molecule has 1 unspecified atom stereocenters. The molecule has 2 rings (SSSR count). The summed E-state index contributed by atoms with van der Waals surface area (Å²) in [5.74, 6) is -0.439. The molecule has 9 heteroatoms. The van der Waals surface area contributed by atoms with Gasteiger partial charge in [0.25, 0.3) is 0 Å². The van der Waals surface area contributed by atoms with Crippen LogP contribution in [0.2, 0.25) is 0 Å². The van der Waals surface area contributed by atoms with Gasteiger partial charge in [0.05, 0.1) is 6.04 Å². The lowest BCUT2D eigenvalue weighted by atomic mass is 10.2. The lowest BCUT2D eigenvalue weighted by molar-refractivity contribution is 0.541. The Labute approximate surface area is 122 Å². The number of H-pyrrole nitrogens is 1. The van der Waals surface area contributed by atoms with E-state index in [4.69, 9.17) is 0 Å². The Kier molecular flexibility index (Phi) is 4.66. The van der Waals surface area contributed by atoms with Gasteiger partial charge in [0.1, 0.15) is 22.9 Å². The Morgan fingerprint density at radius 3 is 2.76 bits per heavy atom. The Balaban J connectivity index is 2.23. The Morgan fingerprint density at radius 1 is 1.43 bits per heavy atom.